The summed E-state index contributed by atoms with van der Waals surface area (Å²) in [5, 5.41) is 29.4. The van der Waals surface area contributed by atoms with Crippen LogP contribution < -0.4 is 10.1 Å². The zero-order chi connectivity index (χ0) is 24.0. The van der Waals surface area contributed by atoms with Gasteiger partial charge in [0.05, 0.1) is 4.92 Å². The first kappa shape index (κ1) is 23.5. The standard InChI is InChI=1S/C20H15N5O6S2/c1-33(29,30)20-24-23-19(32-20)22-18(26)15(11-21)10-13-4-8-17(9-5-13)31-12-14-2-6-16(7-3-14)25(27)28/h2-10H,12H2,1H3,(H,22,23,26)/b15-10-. The molecule has 0 radical (unpaired) electrons. The molecular formula is C20H15N5O6S2. The van der Waals surface area contributed by atoms with Gasteiger partial charge >= 0.3 is 0 Å². The lowest BCUT2D eigenvalue weighted by Gasteiger charge is -2.06. The second-order valence-corrected chi connectivity index (χ2v) is 9.72. The van der Waals surface area contributed by atoms with Gasteiger partial charge in [-0.2, -0.15) is 5.26 Å². The zero-order valence-electron chi connectivity index (χ0n) is 17.0. The summed E-state index contributed by atoms with van der Waals surface area (Å²) < 4.78 is 28.3. The second-order valence-electron chi connectivity index (χ2n) is 6.55. The summed E-state index contributed by atoms with van der Waals surface area (Å²) >= 11 is 0.681. The molecule has 0 saturated heterocycles. The third kappa shape index (κ3) is 6.42. The number of carbonyl (C=O) groups excluding carboxylic acids is 1. The topological polar surface area (TPSA) is 165 Å². The number of amides is 1. The summed E-state index contributed by atoms with van der Waals surface area (Å²) in [5.74, 6) is -0.233. The van der Waals surface area contributed by atoms with Crippen molar-refractivity contribution in [2.24, 2.45) is 0 Å². The van der Waals surface area contributed by atoms with Crippen LogP contribution in [0.25, 0.3) is 6.08 Å². The minimum atomic E-state index is -3.55. The molecule has 0 fully saturated rings. The Morgan fingerprint density at radius 3 is 2.42 bits per heavy atom. The molecular weight excluding hydrogens is 470 g/mol. The summed E-state index contributed by atoms with van der Waals surface area (Å²) in [6.07, 6.45) is 2.33. The van der Waals surface area contributed by atoms with Crippen LogP contribution in [0.3, 0.4) is 0 Å². The molecule has 1 heterocycles. The number of ether oxygens (including phenoxy) is 1. The van der Waals surface area contributed by atoms with Gasteiger partial charge in [-0.15, -0.1) is 10.2 Å². The Morgan fingerprint density at radius 1 is 1.21 bits per heavy atom. The summed E-state index contributed by atoms with van der Waals surface area (Å²) in [7, 11) is -3.55. The number of anilines is 1. The van der Waals surface area contributed by atoms with Crippen molar-refractivity contribution >= 4 is 44.0 Å². The lowest BCUT2D eigenvalue weighted by molar-refractivity contribution is -0.384. The number of nitro benzene ring substituents is 1. The molecule has 11 nitrogen and oxygen atoms in total. The molecule has 2 aromatic carbocycles. The number of nitriles is 1. The Balaban J connectivity index is 1.63. The summed E-state index contributed by atoms with van der Waals surface area (Å²) in [4.78, 5) is 22.5. The lowest BCUT2D eigenvalue weighted by atomic mass is 10.1. The van der Waals surface area contributed by atoms with E-state index in [1.54, 1.807) is 42.5 Å². The van der Waals surface area contributed by atoms with Crippen LogP contribution in [0.15, 0.2) is 58.4 Å². The number of nitrogens with zero attached hydrogens (tertiary/aromatic N) is 4. The van der Waals surface area contributed by atoms with Crippen LogP contribution in [0.4, 0.5) is 10.8 Å². The number of hydrogen-bond acceptors (Lipinski definition) is 10. The first-order chi connectivity index (χ1) is 15.7. The van der Waals surface area contributed by atoms with Gasteiger partial charge in [0.1, 0.15) is 24.0 Å². The van der Waals surface area contributed by atoms with Crippen LogP contribution in [-0.2, 0) is 21.2 Å². The van der Waals surface area contributed by atoms with Crippen LogP contribution in [-0.4, -0.2) is 35.7 Å². The third-order valence-electron chi connectivity index (χ3n) is 4.05. The van der Waals surface area contributed by atoms with E-state index in [4.69, 9.17) is 4.74 Å². The van der Waals surface area contributed by atoms with E-state index in [1.165, 1.54) is 18.2 Å². The summed E-state index contributed by atoms with van der Waals surface area (Å²) in [6.45, 7) is 0.205. The number of non-ortho nitro benzene ring substituents is 1. The van der Waals surface area contributed by atoms with E-state index in [9.17, 15) is 28.6 Å². The average Bonchev–Trinajstić information content (AvgIpc) is 3.26. The number of nitro groups is 1. The number of hydrogen-bond donors (Lipinski definition) is 1. The van der Waals surface area contributed by atoms with E-state index in [1.807, 2.05) is 0 Å². The molecule has 13 heteroatoms. The highest BCUT2D eigenvalue weighted by molar-refractivity contribution is 7.92. The van der Waals surface area contributed by atoms with E-state index in [0.29, 0.717) is 22.6 Å². The largest absolute Gasteiger partial charge is 0.489 e. The minimum absolute atomic E-state index is 0.00539. The van der Waals surface area contributed by atoms with Crippen LogP contribution in [0.2, 0.25) is 0 Å². The normalized spacial score (nSPS) is 11.5. The molecule has 0 unspecified atom stereocenters. The van der Waals surface area contributed by atoms with Crippen molar-refractivity contribution < 1.29 is 22.9 Å². The van der Waals surface area contributed by atoms with Crippen LogP contribution >= 0.6 is 11.3 Å². The van der Waals surface area contributed by atoms with E-state index >= 15 is 0 Å². The Bertz CT molecular complexity index is 1360. The lowest BCUT2D eigenvalue weighted by Crippen LogP contribution is -2.13. The van der Waals surface area contributed by atoms with Crippen molar-refractivity contribution in [3.05, 3.63) is 75.3 Å². The highest BCUT2D eigenvalue weighted by Gasteiger charge is 2.17. The first-order valence-electron chi connectivity index (χ1n) is 9.08. The van der Waals surface area contributed by atoms with Gasteiger partial charge in [0.25, 0.3) is 11.6 Å². The van der Waals surface area contributed by atoms with E-state index < -0.39 is 20.7 Å². The van der Waals surface area contributed by atoms with Gasteiger partial charge in [-0.05, 0) is 41.5 Å². The van der Waals surface area contributed by atoms with Crippen molar-refractivity contribution in [1.29, 1.82) is 5.26 Å². The molecule has 0 aliphatic carbocycles. The molecule has 0 spiro atoms. The monoisotopic (exact) mass is 485 g/mol. The minimum Gasteiger partial charge on any atom is -0.489 e. The molecule has 1 amide bonds. The molecule has 0 bridgehead atoms. The maximum absolute atomic E-state index is 12.3. The predicted molar refractivity (Wildman–Crippen MR) is 119 cm³/mol. The van der Waals surface area contributed by atoms with Crippen molar-refractivity contribution in [2.75, 3.05) is 11.6 Å². The van der Waals surface area contributed by atoms with Crippen molar-refractivity contribution in [2.45, 2.75) is 10.9 Å². The number of sulfone groups is 1. The third-order valence-corrected chi connectivity index (χ3v) is 6.56. The van der Waals surface area contributed by atoms with Gasteiger partial charge in [-0.25, -0.2) is 8.42 Å². The van der Waals surface area contributed by atoms with E-state index in [-0.39, 0.29) is 27.3 Å². The van der Waals surface area contributed by atoms with Crippen molar-refractivity contribution in [1.82, 2.24) is 10.2 Å². The maximum atomic E-state index is 12.3. The Kier molecular flexibility index (Phi) is 7.11. The highest BCUT2D eigenvalue weighted by atomic mass is 32.2. The first-order valence-corrected chi connectivity index (χ1v) is 11.8. The van der Waals surface area contributed by atoms with Crippen LogP contribution in [0.1, 0.15) is 11.1 Å². The predicted octanol–water partition coefficient (Wildman–Crippen LogP) is 2.97. The van der Waals surface area contributed by atoms with Crippen molar-refractivity contribution in [3.8, 4) is 11.8 Å². The van der Waals surface area contributed by atoms with Crippen molar-refractivity contribution in [3.63, 3.8) is 0 Å². The molecule has 3 aromatic rings. The molecule has 0 atom stereocenters. The number of carbonyl (C=O) groups is 1. The SMILES string of the molecule is CS(=O)(=O)c1nnc(NC(=O)/C(C#N)=C\c2ccc(OCc3ccc([N+](=O)[O-])cc3)cc2)s1. The van der Waals surface area contributed by atoms with E-state index in [0.717, 1.165) is 11.8 Å². The van der Waals surface area contributed by atoms with Gasteiger partial charge in [0.2, 0.25) is 19.3 Å². The fraction of sp³-hybridized carbons (Fsp3) is 0.100. The molecule has 1 N–H and O–H groups in total. The van der Waals surface area contributed by atoms with E-state index in [2.05, 4.69) is 15.5 Å². The van der Waals surface area contributed by atoms with Crippen LogP contribution in [0, 0.1) is 21.4 Å². The number of benzene rings is 2. The quantitative estimate of drug-likeness (QED) is 0.166. The Labute approximate surface area is 192 Å². The number of aromatic nitrogens is 2. The molecule has 0 aliphatic heterocycles. The highest BCUT2D eigenvalue weighted by Crippen LogP contribution is 2.21. The summed E-state index contributed by atoms with van der Waals surface area (Å²) in [6, 6.07) is 14.4. The Hall–Kier alpha value is -4.15. The number of rotatable bonds is 8. The molecule has 0 saturated carbocycles. The fourth-order valence-corrected chi connectivity index (χ4v) is 3.93. The second kappa shape index (κ2) is 9.98. The zero-order valence-corrected chi connectivity index (χ0v) is 18.6. The molecule has 0 aliphatic rings. The van der Waals surface area contributed by atoms with Crippen LogP contribution in [0.5, 0.6) is 5.75 Å². The van der Waals surface area contributed by atoms with Gasteiger partial charge < -0.3 is 4.74 Å². The Morgan fingerprint density at radius 2 is 1.88 bits per heavy atom. The number of nitrogens with one attached hydrogen (secondary N) is 1. The fourth-order valence-electron chi connectivity index (χ4n) is 2.43. The summed E-state index contributed by atoms with van der Waals surface area (Å²) in [5.41, 5.74) is 1.09. The van der Waals surface area contributed by atoms with Gasteiger partial charge in [0, 0.05) is 18.4 Å². The molecule has 33 heavy (non-hydrogen) atoms. The van der Waals surface area contributed by atoms with Gasteiger partial charge in [-0.3, -0.25) is 20.2 Å². The molecule has 168 valence electrons. The van der Waals surface area contributed by atoms with Gasteiger partial charge in [0.15, 0.2) is 0 Å². The molecule has 3 rings (SSSR count). The average molecular weight is 486 g/mol. The molecule has 1 aromatic heterocycles. The smallest absolute Gasteiger partial charge is 0.269 e. The maximum Gasteiger partial charge on any atom is 0.269 e. The van der Waals surface area contributed by atoms with Gasteiger partial charge in [-0.1, -0.05) is 23.5 Å².